The van der Waals surface area contributed by atoms with E-state index >= 15 is 0 Å². The first kappa shape index (κ1) is 13.7. The predicted molar refractivity (Wildman–Crippen MR) is 71.1 cm³/mol. The molecule has 2 aromatic carbocycles. The lowest BCUT2D eigenvalue weighted by Gasteiger charge is -2.17. The number of aryl methyl sites for hydroxylation is 2. The molecule has 3 heteroatoms. The van der Waals surface area contributed by atoms with Crippen LogP contribution in [-0.2, 0) is 0 Å². The number of rotatable bonds is 2. The predicted octanol–water partition coefficient (Wildman–Crippen LogP) is 3.97. The standard InChI is InChI=1S/C16H16F2O/c1-9-5-4-6-12(11(9)3)16(19)13-7-10(2)14(17)8-15(13)18/h4-8,16,19H,1-3H3. The normalized spacial score (nSPS) is 12.5. The molecule has 0 fully saturated rings. The molecule has 19 heavy (non-hydrogen) atoms. The van der Waals surface area contributed by atoms with Gasteiger partial charge in [-0.25, -0.2) is 8.78 Å². The molecule has 2 rings (SSSR count). The van der Waals surface area contributed by atoms with E-state index in [9.17, 15) is 13.9 Å². The highest BCUT2D eigenvalue weighted by molar-refractivity contribution is 5.40. The molecule has 1 unspecified atom stereocenters. The summed E-state index contributed by atoms with van der Waals surface area (Å²) >= 11 is 0. The van der Waals surface area contributed by atoms with Gasteiger partial charge >= 0.3 is 0 Å². The first-order valence-corrected chi connectivity index (χ1v) is 6.11. The lowest BCUT2D eigenvalue weighted by atomic mass is 9.93. The molecular formula is C16H16F2O. The minimum Gasteiger partial charge on any atom is -0.384 e. The van der Waals surface area contributed by atoms with Gasteiger partial charge in [0.2, 0.25) is 0 Å². The molecule has 0 saturated heterocycles. The Kier molecular flexibility index (Phi) is 3.67. The number of hydrogen-bond donors (Lipinski definition) is 1. The SMILES string of the molecule is Cc1cc(C(O)c2cccc(C)c2C)c(F)cc1F. The van der Waals surface area contributed by atoms with Gasteiger partial charge in [-0.05, 0) is 49.1 Å². The second kappa shape index (κ2) is 5.10. The Morgan fingerprint density at radius 2 is 1.58 bits per heavy atom. The summed E-state index contributed by atoms with van der Waals surface area (Å²) in [6.07, 6.45) is -1.08. The summed E-state index contributed by atoms with van der Waals surface area (Å²) in [5.74, 6) is -1.33. The molecule has 1 N–H and O–H groups in total. The Labute approximate surface area is 111 Å². The molecule has 0 bridgehead atoms. The Balaban J connectivity index is 2.53. The van der Waals surface area contributed by atoms with Crippen LogP contribution in [0.5, 0.6) is 0 Å². The highest BCUT2D eigenvalue weighted by Crippen LogP contribution is 2.29. The third kappa shape index (κ3) is 2.51. The largest absolute Gasteiger partial charge is 0.384 e. The Morgan fingerprint density at radius 1 is 0.895 bits per heavy atom. The van der Waals surface area contributed by atoms with Crippen molar-refractivity contribution < 1.29 is 13.9 Å². The zero-order chi connectivity index (χ0) is 14.2. The van der Waals surface area contributed by atoms with Crippen LogP contribution in [0.2, 0.25) is 0 Å². The average molecular weight is 262 g/mol. The molecule has 1 nitrogen and oxygen atoms in total. The summed E-state index contributed by atoms with van der Waals surface area (Å²) < 4.78 is 27.0. The number of aliphatic hydroxyl groups is 1. The summed E-state index contributed by atoms with van der Waals surface area (Å²) in [6, 6.07) is 7.67. The number of aliphatic hydroxyl groups excluding tert-OH is 1. The minimum atomic E-state index is -1.08. The fourth-order valence-electron chi connectivity index (χ4n) is 2.13. The van der Waals surface area contributed by atoms with Gasteiger partial charge in [-0.15, -0.1) is 0 Å². The van der Waals surface area contributed by atoms with Gasteiger partial charge in [0.15, 0.2) is 0 Å². The van der Waals surface area contributed by atoms with E-state index in [1.165, 1.54) is 6.07 Å². The molecule has 1 atom stereocenters. The van der Waals surface area contributed by atoms with Crippen molar-refractivity contribution in [2.45, 2.75) is 26.9 Å². The van der Waals surface area contributed by atoms with Crippen molar-refractivity contribution in [1.82, 2.24) is 0 Å². The summed E-state index contributed by atoms with van der Waals surface area (Å²) in [7, 11) is 0. The lowest BCUT2D eigenvalue weighted by Crippen LogP contribution is -2.06. The highest BCUT2D eigenvalue weighted by Gasteiger charge is 2.19. The van der Waals surface area contributed by atoms with E-state index in [4.69, 9.17) is 0 Å². The maximum absolute atomic E-state index is 13.8. The van der Waals surface area contributed by atoms with Crippen LogP contribution in [0.4, 0.5) is 8.78 Å². The van der Waals surface area contributed by atoms with Gasteiger partial charge in [0.05, 0.1) is 0 Å². The maximum atomic E-state index is 13.8. The Hall–Kier alpha value is -1.74. The average Bonchev–Trinajstić information content (AvgIpc) is 2.36. The van der Waals surface area contributed by atoms with Crippen molar-refractivity contribution in [2.24, 2.45) is 0 Å². The Morgan fingerprint density at radius 3 is 2.26 bits per heavy atom. The zero-order valence-corrected chi connectivity index (χ0v) is 11.2. The second-order valence-corrected chi connectivity index (χ2v) is 4.81. The summed E-state index contributed by atoms with van der Waals surface area (Å²) in [6.45, 7) is 5.36. The molecule has 0 aliphatic carbocycles. The molecule has 0 aliphatic rings. The molecule has 0 spiro atoms. The van der Waals surface area contributed by atoms with E-state index in [1.807, 2.05) is 26.0 Å². The molecule has 0 radical (unpaired) electrons. The van der Waals surface area contributed by atoms with Crippen LogP contribution in [-0.4, -0.2) is 5.11 Å². The van der Waals surface area contributed by atoms with Crippen LogP contribution in [0.3, 0.4) is 0 Å². The monoisotopic (exact) mass is 262 g/mol. The van der Waals surface area contributed by atoms with E-state index in [2.05, 4.69) is 0 Å². The third-order valence-electron chi connectivity index (χ3n) is 3.51. The number of benzene rings is 2. The molecule has 0 heterocycles. The molecule has 0 aromatic heterocycles. The Bertz CT molecular complexity index is 620. The maximum Gasteiger partial charge on any atom is 0.132 e. The zero-order valence-electron chi connectivity index (χ0n) is 11.2. The molecule has 100 valence electrons. The van der Waals surface area contributed by atoms with Crippen LogP contribution in [0, 0.1) is 32.4 Å². The van der Waals surface area contributed by atoms with Gasteiger partial charge in [-0.1, -0.05) is 18.2 Å². The summed E-state index contributed by atoms with van der Waals surface area (Å²) in [5, 5.41) is 10.3. The van der Waals surface area contributed by atoms with E-state index in [0.717, 1.165) is 17.2 Å². The van der Waals surface area contributed by atoms with E-state index in [0.29, 0.717) is 11.1 Å². The fraction of sp³-hybridized carbons (Fsp3) is 0.250. The fourth-order valence-corrected chi connectivity index (χ4v) is 2.13. The van der Waals surface area contributed by atoms with Crippen molar-refractivity contribution in [2.75, 3.05) is 0 Å². The summed E-state index contributed by atoms with van der Waals surface area (Å²) in [4.78, 5) is 0. The number of halogens is 2. The number of hydrogen-bond acceptors (Lipinski definition) is 1. The van der Waals surface area contributed by atoms with Gasteiger partial charge < -0.3 is 5.11 Å². The van der Waals surface area contributed by atoms with E-state index < -0.39 is 17.7 Å². The second-order valence-electron chi connectivity index (χ2n) is 4.81. The highest BCUT2D eigenvalue weighted by atomic mass is 19.1. The molecule has 0 aliphatic heterocycles. The molecular weight excluding hydrogens is 246 g/mol. The van der Waals surface area contributed by atoms with Crippen LogP contribution in [0.25, 0.3) is 0 Å². The van der Waals surface area contributed by atoms with Gasteiger partial charge in [0.25, 0.3) is 0 Å². The van der Waals surface area contributed by atoms with Gasteiger partial charge in [0.1, 0.15) is 17.7 Å². The minimum absolute atomic E-state index is 0.104. The molecule has 2 aromatic rings. The van der Waals surface area contributed by atoms with Crippen LogP contribution < -0.4 is 0 Å². The molecule has 0 saturated carbocycles. The smallest absolute Gasteiger partial charge is 0.132 e. The first-order chi connectivity index (χ1) is 8.91. The van der Waals surface area contributed by atoms with Crippen molar-refractivity contribution >= 4 is 0 Å². The van der Waals surface area contributed by atoms with Crippen LogP contribution >= 0.6 is 0 Å². The van der Waals surface area contributed by atoms with Crippen molar-refractivity contribution in [3.05, 3.63) is 69.8 Å². The van der Waals surface area contributed by atoms with Crippen molar-refractivity contribution in [3.8, 4) is 0 Å². The van der Waals surface area contributed by atoms with Gasteiger partial charge in [0, 0.05) is 11.6 Å². The van der Waals surface area contributed by atoms with Crippen molar-refractivity contribution in [1.29, 1.82) is 0 Å². The van der Waals surface area contributed by atoms with Crippen molar-refractivity contribution in [3.63, 3.8) is 0 Å². The van der Waals surface area contributed by atoms with E-state index in [1.54, 1.807) is 13.0 Å². The summed E-state index contributed by atoms with van der Waals surface area (Å²) in [5.41, 5.74) is 3.01. The van der Waals surface area contributed by atoms with Crippen LogP contribution in [0.1, 0.15) is 33.9 Å². The quantitative estimate of drug-likeness (QED) is 0.868. The first-order valence-electron chi connectivity index (χ1n) is 6.11. The van der Waals surface area contributed by atoms with E-state index in [-0.39, 0.29) is 5.56 Å². The third-order valence-corrected chi connectivity index (χ3v) is 3.51. The van der Waals surface area contributed by atoms with Crippen LogP contribution in [0.15, 0.2) is 30.3 Å². The topological polar surface area (TPSA) is 20.2 Å². The molecule has 0 amide bonds. The van der Waals surface area contributed by atoms with Gasteiger partial charge in [-0.2, -0.15) is 0 Å². The lowest BCUT2D eigenvalue weighted by molar-refractivity contribution is 0.213. The van der Waals surface area contributed by atoms with Gasteiger partial charge in [-0.3, -0.25) is 0 Å².